The van der Waals surface area contributed by atoms with E-state index >= 15 is 0 Å². The second-order valence-electron chi connectivity index (χ2n) is 7.63. The van der Waals surface area contributed by atoms with Crippen LogP contribution in [0.15, 0.2) is 48.5 Å². The summed E-state index contributed by atoms with van der Waals surface area (Å²) < 4.78 is 27.2. The monoisotopic (exact) mass is 412 g/mol. The molecule has 0 N–H and O–H groups in total. The van der Waals surface area contributed by atoms with Gasteiger partial charge in [0, 0.05) is 0 Å². The summed E-state index contributed by atoms with van der Waals surface area (Å²) in [5.74, 6) is 1.60. The van der Waals surface area contributed by atoms with Gasteiger partial charge < -0.3 is 23.7 Å². The molecule has 2 saturated heterocycles. The first-order chi connectivity index (χ1) is 14.8. The molecule has 4 rings (SSSR count). The largest absolute Gasteiger partial charge is 0.494 e. The summed E-state index contributed by atoms with van der Waals surface area (Å²) in [5.41, 5.74) is 0.480. The van der Waals surface area contributed by atoms with Gasteiger partial charge >= 0.3 is 5.97 Å². The van der Waals surface area contributed by atoms with Gasteiger partial charge in [0.1, 0.15) is 17.2 Å². The molecule has 2 aliphatic rings. The van der Waals surface area contributed by atoms with Gasteiger partial charge in [0.05, 0.1) is 44.2 Å². The van der Waals surface area contributed by atoms with E-state index in [1.54, 1.807) is 36.4 Å². The van der Waals surface area contributed by atoms with Crippen molar-refractivity contribution in [1.82, 2.24) is 0 Å². The molecule has 2 aromatic carbocycles. The van der Waals surface area contributed by atoms with Gasteiger partial charge in [0.25, 0.3) is 0 Å². The van der Waals surface area contributed by atoms with Crippen LogP contribution in [-0.4, -0.2) is 44.6 Å². The highest BCUT2D eigenvalue weighted by molar-refractivity contribution is 5.91. The second-order valence-corrected chi connectivity index (χ2v) is 7.63. The molecule has 6 heteroatoms. The molecule has 2 fully saturated rings. The van der Waals surface area contributed by atoms with E-state index in [1.165, 1.54) is 0 Å². The lowest BCUT2D eigenvalue weighted by Gasteiger charge is -2.09. The fourth-order valence-corrected chi connectivity index (χ4v) is 3.09. The first-order valence-electron chi connectivity index (χ1n) is 10.7. The predicted octanol–water partition coefficient (Wildman–Crippen LogP) is 4.41. The van der Waals surface area contributed by atoms with Gasteiger partial charge in [-0.3, -0.25) is 0 Å². The van der Waals surface area contributed by atoms with Crippen LogP contribution in [-0.2, 0) is 9.47 Å². The highest BCUT2D eigenvalue weighted by atomic mass is 16.6. The third kappa shape index (κ3) is 7.04. The Morgan fingerprint density at radius 2 is 1.23 bits per heavy atom. The Bertz CT molecular complexity index is 793. The number of hydrogen-bond donors (Lipinski definition) is 0. The lowest BCUT2D eigenvalue weighted by atomic mass is 10.2. The number of epoxide rings is 2. The van der Waals surface area contributed by atoms with Crippen molar-refractivity contribution < 1.29 is 28.5 Å². The molecule has 0 amide bonds. The fraction of sp³-hybridized carbons (Fsp3) is 0.458. The van der Waals surface area contributed by atoms with Gasteiger partial charge in [-0.25, -0.2) is 4.79 Å². The molecule has 2 aromatic rings. The number of ether oxygens (including phenoxy) is 5. The molecule has 0 aliphatic carbocycles. The lowest BCUT2D eigenvalue weighted by molar-refractivity contribution is 0.0734. The third-order valence-corrected chi connectivity index (χ3v) is 5.06. The van der Waals surface area contributed by atoms with Gasteiger partial charge in [0.2, 0.25) is 0 Å². The molecule has 0 spiro atoms. The number of carbonyl (C=O) groups is 1. The van der Waals surface area contributed by atoms with Gasteiger partial charge in [0.15, 0.2) is 0 Å². The molecular weight excluding hydrogens is 384 g/mol. The summed E-state index contributed by atoms with van der Waals surface area (Å²) >= 11 is 0. The van der Waals surface area contributed by atoms with Crippen LogP contribution in [0.5, 0.6) is 17.2 Å². The van der Waals surface area contributed by atoms with Crippen LogP contribution in [0.4, 0.5) is 0 Å². The second kappa shape index (κ2) is 10.5. The van der Waals surface area contributed by atoms with E-state index in [9.17, 15) is 4.79 Å². The molecule has 160 valence electrons. The van der Waals surface area contributed by atoms with Crippen LogP contribution in [0.3, 0.4) is 0 Å². The van der Waals surface area contributed by atoms with Crippen LogP contribution >= 0.6 is 0 Å². The standard InChI is InChI=1S/C24H28O6/c25-24(18-6-8-19(9-7-18)27-15-3-5-23-17-29-23)30-21-12-10-20(11-13-21)26-14-2-1-4-22-16-28-22/h6-13,22-23H,1-5,14-17H2. The molecular formula is C24H28O6. The quantitative estimate of drug-likeness (QED) is 0.210. The minimum atomic E-state index is -0.400. The van der Waals surface area contributed by atoms with Crippen molar-refractivity contribution in [3.63, 3.8) is 0 Å². The summed E-state index contributed by atoms with van der Waals surface area (Å²) in [5, 5.41) is 0. The minimum absolute atomic E-state index is 0.400. The zero-order valence-electron chi connectivity index (χ0n) is 17.1. The van der Waals surface area contributed by atoms with E-state index in [4.69, 9.17) is 23.7 Å². The molecule has 0 saturated carbocycles. The number of unbranched alkanes of at least 4 members (excludes halogenated alkanes) is 1. The van der Waals surface area contributed by atoms with Crippen LogP contribution in [0.2, 0.25) is 0 Å². The van der Waals surface area contributed by atoms with Crippen LogP contribution < -0.4 is 14.2 Å². The maximum absolute atomic E-state index is 12.3. The van der Waals surface area contributed by atoms with Crippen molar-refractivity contribution in [2.75, 3.05) is 26.4 Å². The topological polar surface area (TPSA) is 69.8 Å². The van der Waals surface area contributed by atoms with Gasteiger partial charge in [-0.1, -0.05) is 0 Å². The van der Waals surface area contributed by atoms with Crippen molar-refractivity contribution in [2.24, 2.45) is 0 Å². The smallest absolute Gasteiger partial charge is 0.343 e. The Labute approximate surface area is 177 Å². The molecule has 2 unspecified atom stereocenters. The summed E-state index contributed by atoms with van der Waals surface area (Å²) in [4.78, 5) is 12.3. The van der Waals surface area contributed by atoms with Crippen molar-refractivity contribution in [1.29, 1.82) is 0 Å². The Hall–Kier alpha value is -2.57. The molecule has 2 aliphatic heterocycles. The van der Waals surface area contributed by atoms with Gasteiger partial charge in [-0.15, -0.1) is 0 Å². The van der Waals surface area contributed by atoms with Crippen LogP contribution in [0.1, 0.15) is 42.5 Å². The van der Waals surface area contributed by atoms with E-state index in [0.717, 1.165) is 56.8 Å². The number of rotatable bonds is 13. The maximum atomic E-state index is 12.3. The van der Waals surface area contributed by atoms with Gasteiger partial charge in [-0.05, 0) is 80.6 Å². The predicted molar refractivity (Wildman–Crippen MR) is 111 cm³/mol. The van der Waals surface area contributed by atoms with Crippen LogP contribution in [0, 0.1) is 0 Å². The molecule has 30 heavy (non-hydrogen) atoms. The summed E-state index contributed by atoms with van der Waals surface area (Å²) in [6, 6.07) is 14.1. The zero-order valence-corrected chi connectivity index (χ0v) is 17.1. The lowest BCUT2D eigenvalue weighted by Crippen LogP contribution is -2.08. The van der Waals surface area contributed by atoms with Crippen molar-refractivity contribution in [2.45, 2.75) is 44.3 Å². The SMILES string of the molecule is O=C(Oc1ccc(OCCCCC2CO2)cc1)c1ccc(OCCCC2CO2)cc1. The Morgan fingerprint density at radius 1 is 0.733 bits per heavy atom. The zero-order chi connectivity index (χ0) is 20.6. The summed E-state index contributed by atoms with van der Waals surface area (Å²) in [7, 11) is 0. The van der Waals surface area contributed by atoms with E-state index in [0.29, 0.717) is 36.7 Å². The maximum Gasteiger partial charge on any atom is 0.343 e. The van der Waals surface area contributed by atoms with E-state index in [-0.39, 0.29) is 0 Å². The Morgan fingerprint density at radius 3 is 1.83 bits per heavy atom. The van der Waals surface area contributed by atoms with Gasteiger partial charge in [-0.2, -0.15) is 0 Å². The van der Waals surface area contributed by atoms with Crippen LogP contribution in [0.25, 0.3) is 0 Å². The summed E-state index contributed by atoms with van der Waals surface area (Å²) in [6.45, 7) is 3.11. The Kier molecular flexibility index (Phi) is 7.21. The first kappa shape index (κ1) is 20.7. The Balaban J connectivity index is 1.16. The number of benzene rings is 2. The van der Waals surface area contributed by atoms with Crippen molar-refractivity contribution in [3.05, 3.63) is 54.1 Å². The number of esters is 1. The number of carbonyl (C=O) groups excluding carboxylic acids is 1. The molecule has 0 aromatic heterocycles. The highest BCUT2D eigenvalue weighted by Gasteiger charge is 2.21. The first-order valence-corrected chi connectivity index (χ1v) is 10.7. The molecule has 6 nitrogen and oxygen atoms in total. The average molecular weight is 412 g/mol. The summed E-state index contributed by atoms with van der Waals surface area (Å²) in [6.07, 6.45) is 6.13. The van der Waals surface area contributed by atoms with E-state index < -0.39 is 5.97 Å². The molecule has 0 bridgehead atoms. The third-order valence-electron chi connectivity index (χ3n) is 5.06. The fourth-order valence-electron chi connectivity index (χ4n) is 3.09. The molecule has 0 radical (unpaired) electrons. The molecule has 2 atom stereocenters. The van der Waals surface area contributed by atoms with E-state index in [1.807, 2.05) is 12.1 Å². The van der Waals surface area contributed by atoms with Crippen molar-refractivity contribution >= 4 is 5.97 Å². The average Bonchev–Trinajstić information content (AvgIpc) is 3.68. The van der Waals surface area contributed by atoms with Crippen molar-refractivity contribution in [3.8, 4) is 17.2 Å². The number of hydrogen-bond acceptors (Lipinski definition) is 6. The van der Waals surface area contributed by atoms with E-state index in [2.05, 4.69) is 0 Å². The molecule has 2 heterocycles. The minimum Gasteiger partial charge on any atom is -0.494 e. The normalized spacial score (nSPS) is 19.2. The highest BCUT2D eigenvalue weighted by Crippen LogP contribution is 2.21.